The predicted molar refractivity (Wildman–Crippen MR) is 51.2 cm³/mol. The van der Waals surface area contributed by atoms with Crippen molar-refractivity contribution in [1.29, 1.82) is 0 Å². The Labute approximate surface area is 86.3 Å². The van der Waals surface area contributed by atoms with E-state index in [4.69, 9.17) is 0 Å². The Morgan fingerprint density at radius 1 is 1.73 bits per heavy atom. The monoisotopic (exact) mass is 211 g/mol. The van der Waals surface area contributed by atoms with Crippen LogP contribution in [0.3, 0.4) is 0 Å². The number of hydrogen-bond donors (Lipinski definition) is 4. The van der Waals surface area contributed by atoms with Crippen LogP contribution in [-0.2, 0) is 0 Å². The highest BCUT2D eigenvalue weighted by molar-refractivity contribution is 5.91. The lowest BCUT2D eigenvalue weighted by molar-refractivity contribution is 0.0560. The summed E-state index contributed by atoms with van der Waals surface area (Å²) in [5.41, 5.74) is -0.607. The first-order valence-corrected chi connectivity index (χ1v) is 4.77. The molecule has 7 heteroatoms. The normalized spacial score (nSPS) is 25.4. The van der Waals surface area contributed by atoms with Crippen molar-refractivity contribution in [2.24, 2.45) is 0 Å². The predicted octanol–water partition coefficient (Wildman–Crippen LogP) is -1.74. The molecule has 1 aromatic heterocycles. The maximum Gasteiger partial charge on any atom is 0.273 e. The van der Waals surface area contributed by atoms with Gasteiger partial charge in [-0.25, -0.2) is 0 Å². The van der Waals surface area contributed by atoms with Gasteiger partial charge in [0, 0.05) is 13.1 Å². The molecule has 0 spiro atoms. The van der Waals surface area contributed by atoms with Crippen molar-refractivity contribution in [3.63, 3.8) is 0 Å². The first-order valence-electron chi connectivity index (χ1n) is 4.77. The Morgan fingerprint density at radius 3 is 3.20 bits per heavy atom. The zero-order valence-corrected chi connectivity index (χ0v) is 8.16. The zero-order valence-electron chi connectivity index (χ0n) is 8.16. The molecule has 1 amide bonds. The molecular formula is C8H13N5O2. The summed E-state index contributed by atoms with van der Waals surface area (Å²) in [6.45, 7) is 1.51. The lowest BCUT2D eigenvalue weighted by atomic mass is 10.0. The Balaban J connectivity index is 1.85. The Kier molecular flexibility index (Phi) is 2.65. The molecule has 0 saturated carbocycles. The number of nitrogens with zero attached hydrogens (tertiary/aromatic N) is 2. The first kappa shape index (κ1) is 10.1. The number of carbonyl (C=O) groups excluding carboxylic acids is 1. The Bertz CT molecular complexity index is 331. The second-order valence-electron chi connectivity index (χ2n) is 3.69. The molecule has 1 saturated heterocycles. The third kappa shape index (κ3) is 2.31. The fourth-order valence-electron chi connectivity index (χ4n) is 1.53. The van der Waals surface area contributed by atoms with Gasteiger partial charge in [-0.1, -0.05) is 0 Å². The summed E-state index contributed by atoms with van der Waals surface area (Å²) in [5.74, 6) is -0.330. The van der Waals surface area contributed by atoms with Crippen molar-refractivity contribution in [3.8, 4) is 0 Å². The second-order valence-corrected chi connectivity index (χ2v) is 3.69. The molecule has 4 N–H and O–H groups in total. The maximum atomic E-state index is 11.4. The number of carbonyl (C=O) groups is 1. The van der Waals surface area contributed by atoms with Gasteiger partial charge >= 0.3 is 0 Å². The van der Waals surface area contributed by atoms with Gasteiger partial charge in [-0.2, -0.15) is 15.4 Å². The number of aromatic amines is 1. The lowest BCUT2D eigenvalue weighted by Crippen LogP contribution is -2.44. The lowest BCUT2D eigenvalue weighted by Gasteiger charge is -2.20. The van der Waals surface area contributed by atoms with Crippen molar-refractivity contribution in [1.82, 2.24) is 26.0 Å². The van der Waals surface area contributed by atoms with E-state index in [0.717, 1.165) is 6.54 Å². The molecule has 1 aliphatic rings. The topological polar surface area (TPSA) is 103 Å². The first-order chi connectivity index (χ1) is 7.20. The van der Waals surface area contributed by atoms with Crippen LogP contribution in [0.25, 0.3) is 0 Å². The molecular weight excluding hydrogens is 198 g/mol. The highest BCUT2D eigenvalue weighted by Gasteiger charge is 2.31. The molecule has 1 atom stereocenters. The molecule has 1 aliphatic heterocycles. The number of aromatic nitrogens is 3. The van der Waals surface area contributed by atoms with Crippen LogP contribution in [-0.4, -0.2) is 51.7 Å². The van der Waals surface area contributed by atoms with E-state index in [1.54, 1.807) is 0 Å². The summed E-state index contributed by atoms with van der Waals surface area (Å²) < 4.78 is 0. The van der Waals surface area contributed by atoms with Gasteiger partial charge in [0.05, 0.1) is 11.8 Å². The number of hydrogen-bond acceptors (Lipinski definition) is 5. The molecule has 82 valence electrons. The number of rotatable bonds is 3. The minimum atomic E-state index is -0.834. The van der Waals surface area contributed by atoms with Crippen LogP contribution in [0.4, 0.5) is 0 Å². The molecule has 0 aromatic carbocycles. The fourth-order valence-corrected chi connectivity index (χ4v) is 1.53. The third-order valence-corrected chi connectivity index (χ3v) is 2.45. The van der Waals surface area contributed by atoms with E-state index in [0.29, 0.717) is 13.0 Å². The van der Waals surface area contributed by atoms with Crippen molar-refractivity contribution in [2.45, 2.75) is 12.0 Å². The number of nitrogens with one attached hydrogen (secondary N) is 3. The molecule has 2 heterocycles. The minimum absolute atomic E-state index is 0.226. The van der Waals surface area contributed by atoms with Gasteiger partial charge in [-0.3, -0.25) is 4.79 Å². The maximum absolute atomic E-state index is 11.4. The highest BCUT2D eigenvalue weighted by atomic mass is 16.3. The average molecular weight is 211 g/mol. The average Bonchev–Trinajstić information content (AvgIpc) is 2.85. The minimum Gasteiger partial charge on any atom is -0.387 e. The van der Waals surface area contributed by atoms with E-state index in [1.165, 1.54) is 6.20 Å². The quantitative estimate of drug-likeness (QED) is 0.475. The summed E-state index contributed by atoms with van der Waals surface area (Å²) >= 11 is 0. The highest BCUT2D eigenvalue weighted by Crippen LogP contribution is 2.12. The van der Waals surface area contributed by atoms with E-state index in [2.05, 4.69) is 26.0 Å². The molecule has 1 fully saturated rings. The summed E-state index contributed by atoms with van der Waals surface area (Å²) in [6, 6.07) is 0. The third-order valence-electron chi connectivity index (χ3n) is 2.45. The SMILES string of the molecule is O=C(NCC1(O)CCNC1)c1cn[nH]n1. The van der Waals surface area contributed by atoms with Crippen LogP contribution >= 0.6 is 0 Å². The van der Waals surface area contributed by atoms with Gasteiger partial charge in [0.25, 0.3) is 5.91 Å². The molecule has 0 bridgehead atoms. The second kappa shape index (κ2) is 3.95. The van der Waals surface area contributed by atoms with Crippen LogP contribution in [0.5, 0.6) is 0 Å². The zero-order chi connectivity index (χ0) is 10.7. The molecule has 15 heavy (non-hydrogen) atoms. The Hall–Kier alpha value is -1.47. The molecule has 2 rings (SSSR count). The van der Waals surface area contributed by atoms with Gasteiger partial charge in [0.2, 0.25) is 0 Å². The molecule has 7 nitrogen and oxygen atoms in total. The smallest absolute Gasteiger partial charge is 0.273 e. The Morgan fingerprint density at radius 2 is 2.60 bits per heavy atom. The van der Waals surface area contributed by atoms with E-state index in [-0.39, 0.29) is 18.1 Å². The number of amides is 1. The fraction of sp³-hybridized carbons (Fsp3) is 0.625. The van der Waals surface area contributed by atoms with E-state index in [1.807, 2.05) is 0 Å². The van der Waals surface area contributed by atoms with E-state index in [9.17, 15) is 9.90 Å². The number of β-amino-alcohol motifs (C(OH)–C–C–N with tert-alkyl or cyclic N) is 1. The van der Waals surface area contributed by atoms with Crippen LogP contribution < -0.4 is 10.6 Å². The van der Waals surface area contributed by atoms with Crippen LogP contribution in [0, 0.1) is 0 Å². The van der Waals surface area contributed by atoms with Gasteiger partial charge in [-0.05, 0) is 13.0 Å². The molecule has 0 aliphatic carbocycles. The molecule has 1 unspecified atom stereocenters. The summed E-state index contributed by atoms with van der Waals surface area (Å²) in [7, 11) is 0. The summed E-state index contributed by atoms with van der Waals surface area (Å²) in [6.07, 6.45) is 1.98. The number of H-pyrrole nitrogens is 1. The van der Waals surface area contributed by atoms with Gasteiger partial charge < -0.3 is 15.7 Å². The number of aliphatic hydroxyl groups is 1. The van der Waals surface area contributed by atoms with Crippen molar-refractivity contribution < 1.29 is 9.90 Å². The van der Waals surface area contributed by atoms with Crippen LogP contribution in [0.2, 0.25) is 0 Å². The van der Waals surface area contributed by atoms with E-state index >= 15 is 0 Å². The van der Waals surface area contributed by atoms with Crippen LogP contribution in [0.15, 0.2) is 6.20 Å². The van der Waals surface area contributed by atoms with Crippen LogP contribution in [0.1, 0.15) is 16.9 Å². The van der Waals surface area contributed by atoms with Crippen molar-refractivity contribution >= 4 is 5.91 Å². The summed E-state index contributed by atoms with van der Waals surface area (Å²) in [4.78, 5) is 11.4. The largest absolute Gasteiger partial charge is 0.387 e. The van der Waals surface area contributed by atoms with Gasteiger partial charge in [0.15, 0.2) is 5.69 Å². The summed E-state index contributed by atoms with van der Waals surface area (Å²) in [5, 5.41) is 25.1. The standard InChI is InChI=1S/C8H13N5O2/c14-7(6-3-11-13-12-6)10-5-8(15)1-2-9-4-8/h3,9,15H,1-2,4-5H2,(H,10,14)(H,11,12,13). The van der Waals surface area contributed by atoms with Gasteiger partial charge in [-0.15, -0.1) is 0 Å². The van der Waals surface area contributed by atoms with E-state index < -0.39 is 5.60 Å². The van der Waals surface area contributed by atoms with Crippen molar-refractivity contribution in [2.75, 3.05) is 19.6 Å². The molecule has 0 radical (unpaired) electrons. The van der Waals surface area contributed by atoms with Crippen molar-refractivity contribution in [3.05, 3.63) is 11.9 Å². The van der Waals surface area contributed by atoms with Gasteiger partial charge in [0.1, 0.15) is 0 Å². The molecule has 1 aromatic rings.